The van der Waals surface area contributed by atoms with Crippen LogP contribution < -0.4 is 10.1 Å². The zero-order chi connectivity index (χ0) is 15.1. The Morgan fingerprint density at radius 3 is 2.52 bits per heavy atom. The van der Waals surface area contributed by atoms with Crippen molar-refractivity contribution < 1.29 is 9.53 Å². The molecule has 0 radical (unpaired) electrons. The summed E-state index contributed by atoms with van der Waals surface area (Å²) in [5.74, 6) is 0.516. The Hall–Kier alpha value is -2.22. The smallest absolute Gasteiger partial charge is 0.321 e. The van der Waals surface area contributed by atoms with Gasteiger partial charge in [0.15, 0.2) is 0 Å². The average molecular weight is 287 g/mol. The van der Waals surface area contributed by atoms with E-state index in [0.717, 1.165) is 25.9 Å². The number of rotatable bonds is 2. The van der Waals surface area contributed by atoms with Crippen LogP contribution in [0.5, 0.6) is 5.75 Å². The highest BCUT2D eigenvalue weighted by molar-refractivity contribution is 5.89. The third kappa shape index (κ3) is 4.12. The fourth-order valence-electron chi connectivity index (χ4n) is 2.53. The normalized spacial score (nSPS) is 15.5. The third-order valence-electron chi connectivity index (χ3n) is 3.71. The maximum Gasteiger partial charge on any atom is 0.321 e. The number of urea groups is 1. The molecular formula is C16H21N3O2. The fraction of sp³-hybridized carbons (Fsp3) is 0.500. The van der Waals surface area contributed by atoms with E-state index in [2.05, 4.69) is 11.4 Å². The van der Waals surface area contributed by atoms with E-state index in [1.807, 2.05) is 4.90 Å². The van der Waals surface area contributed by atoms with E-state index < -0.39 is 0 Å². The van der Waals surface area contributed by atoms with Crippen molar-refractivity contribution in [3.63, 3.8) is 0 Å². The van der Waals surface area contributed by atoms with Crippen molar-refractivity contribution in [1.29, 1.82) is 5.26 Å². The number of carbonyl (C=O) groups excluding carboxylic acids is 1. The molecule has 21 heavy (non-hydrogen) atoms. The third-order valence-corrected chi connectivity index (χ3v) is 3.71. The second-order valence-electron chi connectivity index (χ2n) is 5.21. The number of ether oxygens (including phenoxy) is 1. The van der Waals surface area contributed by atoms with Crippen LogP contribution in [0.25, 0.3) is 0 Å². The highest BCUT2D eigenvalue weighted by Gasteiger charge is 2.15. The number of nitrogens with one attached hydrogen (secondary N) is 1. The molecule has 1 heterocycles. The van der Waals surface area contributed by atoms with Crippen molar-refractivity contribution in [3.8, 4) is 11.8 Å². The molecule has 112 valence electrons. The van der Waals surface area contributed by atoms with Crippen LogP contribution >= 0.6 is 0 Å². The van der Waals surface area contributed by atoms with Crippen LogP contribution in [-0.2, 0) is 0 Å². The minimum Gasteiger partial charge on any atom is -0.495 e. The summed E-state index contributed by atoms with van der Waals surface area (Å²) in [6, 6.07) is 7.06. The highest BCUT2D eigenvalue weighted by atomic mass is 16.5. The van der Waals surface area contributed by atoms with Crippen LogP contribution in [0.4, 0.5) is 10.5 Å². The minimum atomic E-state index is -0.0917. The number of carbonyl (C=O) groups is 1. The maximum atomic E-state index is 12.3. The van der Waals surface area contributed by atoms with Crippen molar-refractivity contribution in [2.45, 2.75) is 32.1 Å². The van der Waals surface area contributed by atoms with Gasteiger partial charge in [-0.1, -0.05) is 19.3 Å². The molecule has 1 saturated heterocycles. The van der Waals surface area contributed by atoms with Gasteiger partial charge < -0.3 is 15.0 Å². The zero-order valence-corrected chi connectivity index (χ0v) is 12.4. The van der Waals surface area contributed by atoms with Crippen LogP contribution in [-0.4, -0.2) is 31.1 Å². The Morgan fingerprint density at radius 1 is 1.24 bits per heavy atom. The van der Waals surface area contributed by atoms with E-state index >= 15 is 0 Å². The number of amides is 2. The standard InChI is InChI=1S/C16H21N3O2/c1-21-15-8-7-14(11-13(15)12-17)18-16(20)19-9-5-3-2-4-6-10-19/h7-8,11H,2-6,9-10H2,1H3,(H,18,20). The van der Waals surface area contributed by atoms with Crippen LogP contribution in [0.2, 0.25) is 0 Å². The lowest BCUT2D eigenvalue weighted by molar-refractivity contribution is 0.206. The van der Waals surface area contributed by atoms with Gasteiger partial charge >= 0.3 is 6.03 Å². The van der Waals surface area contributed by atoms with Gasteiger partial charge in [-0.2, -0.15) is 5.26 Å². The number of benzene rings is 1. The molecule has 1 aliphatic rings. The molecular weight excluding hydrogens is 266 g/mol. The van der Waals surface area contributed by atoms with Gasteiger partial charge in [-0.25, -0.2) is 4.79 Å². The first-order chi connectivity index (χ1) is 10.2. The van der Waals surface area contributed by atoms with E-state index in [0.29, 0.717) is 17.0 Å². The second-order valence-corrected chi connectivity index (χ2v) is 5.21. The van der Waals surface area contributed by atoms with Gasteiger partial charge in [-0.3, -0.25) is 0 Å². The predicted octanol–water partition coefficient (Wildman–Crippen LogP) is 3.36. The first-order valence-corrected chi connectivity index (χ1v) is 7.38. The fourth-order valence-corrected chi connectivity index (χ4v) is 2.53. The summed E-state index contributed by atoms with van der Waals surface area (Å²) < 4.78 is 5.10. The van der Waals surface area contributed by atoms with Crippen molar-refractivity contribution in [1.82, 2.24) is 4.90 Å². The van der Waals surface area contributed by atoms with Gasteiger partial charge in [0, 0.05) is 18.8 Å². The summed E-state index contributed by atoms with van der Waals surface area (Å²) in [6.07, 6.45) is 5.74. The van der Waals surface area contributed by atoms with E-state index in [1.165, 1.54) is 26.4 Å². The van der Waals surface area contributed by atoms with Crippen molar-refractivity contribution in [3.05, 3.63) is 23.8 Å². The number of likely N-dealkylation sites (tertiary alicyclic amines) is 1. The Labute approximate surface area is 125 Å². The average Bonchev–Trinajstić information content (AvgIpc) is 2.46. The summed E-state index contributed by atoms with van der Waals surface area (Å²) in [6.45, 7) is 1.60. The lowest BCUT2D eigenvalue weighted by Gasteiger charge is -2.25. The molecule has 5 heteroatoms. The van der Waals surface area contributed by atoms with E-state index in [1.54, 1.807) is 18.2 Å². The molecule has 1 aromatic rings. The van der Waals surface area contributed by atoms with Gasteiger partial charge in [-0.05, 0) is 31.0 Å². The topological polar surface area (TPSA) is 65.4 Å². The number of hydrogen-bond donors (Lipinski definition) is 1. The Morgan fingerprint density at radius 2 is 1.90 bits per heavy atom. The Balaban J connectivity index is 2.03. The molecule has 0 bridgehead atoms. The molecule has 0 aromatic heterocycles. The SMILES string of the molecule is COc1ccc(NC(=O)N2CCCCCCC2)cc1C#N. The first-order valence-electron chi connectivity index (χ1n) is 7.38. The number of hydrogen-bond acceptors (Lipinski definition) is 3. The molecule has 0 aliphatic carbocycles. The van der Waals surface area contributed by atoms with E-state index in [4.69, 9.17) is 10.00 Å². The summed E-state index contributed by atoms with van der Waals surface area (Å²) in [5.41, 5.74) is 1.04. The Bertz CT molecular complexity index is 529. The van der Waals surface area contributed by atoms with Crippen LogP contribution in [0.15, 0.2) is 18.2 Å². The molecule has 1 fully saturated rings. The maximum absolute atomic E-state index is 12.3. The molecule has 1 N–H and O–H groups in total. The molecule has 0 atom stereocenters. The van der Waals surface area contributed by atoms with Crippen molar-refractivity contribution in [2.24, 2.45) is 0 Å². The van der Waals surface area contributed by atoms with Crippen LogP contribution in [0.1, 0.15) is 37.7 Å². The van der Waals surface area contributed by atoms with E-state index in [-0.39, 0.29) is 6.03 Å². The summed E-state index contributed by atoms with van der Waals surface area (Å²) in [7, 11) is 1.52. The largest absolute Gasteiger partial charge is 0.495 e. The molecule has 2 rings (SSSR count). The number of nitriles is 1. The summed E-state index contributed by atoms with van der Waals surface area (Å²) >= 11 is 0. The monoisotopic (exact) mass is 287 g/mol. The van der Waals surface area contributed by atoms with Crippen LogP contribution in [0, 0.1) is 11.3 Å². The predicted molar refractivity (Wildman–Crippen MR) is 81.4 cm³/mol. The molecule has 0 saturated carbocycles. The van der Waals surface area contributed by atoms with Crippen molar-refractivity contribution in [2.75, 3.05) is 25.5 Å². The lowest BCUT2D eigenvalue weighted by atomic mass is 10.1. The highest BCUT2D eigenvalue weighted by Crippen LogP contribution is 2.22. The van der Waals surface area contributed by atoms with Crippen LogP contribution in [0.3, 0.4) is 0 Å². The Kier molecular flexibility index (Phi) is 5.44. The quantitative estimate of drug-likeness (QED) is 0.907. The lowest BCUT2D eigenvalue weighted by Crippen LogP contribution is -2.37. The molecule has 0 unspecified atom stereocenters. The number of nitrogens with zero attached hydrogens (tertiary/aromatic N) is 2. The molecule has 0 spiro atoms. The molecule has 1 aromatic carbocycles. The van der Waals surface area contributed by atoms with E-state index in [9.17, 15) is 4.79 Å². The van der Waals surface area contributed by atoms with Gasteiger partial charge in [-0.15, -0.1) is 0 Å². The molecule has 2 amide bonds. The molecule has 1 aliphatic heterocycles. The zero-order valence-electron chi connectivity index (χ0n) is 12.4. The first kappa shape index (κ1) is 15.2. The van der Waals surface area contributed by atoms with Gasteiger partial charge in [0.25, 0.3) is 0 Å². The minimum absolute atomic E-state index is 0.0917. The summed E-state index contributed by atoms with van der Waals surface area (Å²) in [4.78, 5) is 14.1. The van der Waals surface area contributed by atoms with Gasteiger partial charge in [0.1, 0.15) is 11.8 Å². The summed E-state index contributed by atoms with van der Waals surface area (Å²) in [5, 5.41) is 11.9. The van der Waals surface area contributed by atoms with Gasteiger partial charge in [0.05, 0.1) is 12.7 Å². The van der Waals surface area contributed by atoms with Gasteiger partial charge in [0.2, 0.25) is 0 Å². The molecule has 5 nitrogen and oxygen atoms in total. The second kappa shape index (κ2) is 7.53. The van der Waals surface area contributed by atoms with Crippen molar-refractivity contribution >= 4 is 11.7 Å². The number of anilines is 1. The number of methoxy groups -OCH3 is 1.